The molecule has 0 unspecified atom stereocenters. The molecule has 0 aromatic heterocycles. The zero-order valence-electron chi connectivity index (χ0n) is 16.5. The molecule has 3 amide bonds. The van der Waals surface area contributed by atoms with Gasteiger partial charge in [0.2, 0.25) is 5.91 Å². The molecule has 0 aliphatic rings. The van der Waals surface area contributed by atoms with Gasteiger partial charge >= 0.3 is 0 Å². The number of anilines is 3. The van der Waals surface area contributed by atoms with Crippen LogP contribution in [-0.4, -0.2) is 17.7 Å². The SMILES string of the molecule is CC(=O)Nc1ccc(NC(=O)c2ccc(C)c(NC(=O)c3ccccc3)c2)cc1Cl. The molecule has 152 valence electrons. The molecule has 0 fully saturated rings. The van der Waals surface area contributed by atoms with Crippen LogP contribution in [0.15, 0.2) is 66.7 Å². The Morgan fingerprint density at radius 1 is 0.733 bits per heavy atom. The molecule has 0 bridgehead atoms. The molecular formula is C23H20ClN3O3. The van der Waals surface area contributed by atoms with Crippen LogP contribution in [0.5, 0.6) is 0 Å². The fourth-order valence-corrected chi connectivity index (χ4v) is 3.00. The molecule has 6 nitrogen and oxygen atoms in total. The van der Waals surface area contributed by atoms with E-state index in [-0.39, 0.29) is 17.7 Å². The van der Waals surface area contributed by atoms with E-state index in [1.807, 2.05) is 13.0 Å². The summed E-state index contributed by atoms with van der Waals surface area (Å²) in [5, 5.41) is 8.52. The van der Waals surface area contributed by atoms with Gasteiger partial charge in [-0.25, -0.2) is 0 Å². The minimum Gasteiger partial charge on any atom is -0.325 e. The molecule has 3 aromatic carbocycles. The van der Waals surface area contributed by atoms with E-state index in [2.05, 4.69) is 16.0 Å². The summed E-state index contributed by atoms with van der Waals surface area (Å²) in [7, 11) is 0. The zero-order chi connectivity index (χ0) is 21.7. The Morgan fingerprint density at radius 3 is 2.10 bits per heavy atom. The summed E-state index contributed by atoms with van der Waals surface area (Å²) in [6.07, 6.45) is 0. The highest BCUT2D eigenvalue weighted by molar-refractivity contribution is 6.34. The normalized spacial score (nSPS) is 10.2. The number of nitrogens with one attached hydrogen (secondary N) is 3. The Morgan fingerprint density at radius 2 is 1.43 bits per heavy atom. The van der Waals surface area contributed by atoms with Crippen LogP contribution in [0, 0.1) is 6.92 Å². The van der Waals surface area contributed by atoms with E-state index >= 15 is 0 Å². The molecule has 3 N–H and O–H groups in total. The largest absolute Gasteiger partial charge is 0.325 e. The van der Waals surface area contributed by atoms with Gasteiger partial charge in [0.15, 0.2) is 0 Å². The van der Waals surface area contributed by atoms with E-state index in [9.17, 15) is 14.4 Å². The fourth-order valence-electron chi connectivity index (χ4n) is 2.77. The summed E-state index contributed by atoms with van der Waals surface area (Å²) in [6, 6.07) is 18.7. The first-order valence-corrected chi connectivity index (χ1v) is 9.57. The van der Waals surface area contributed by atoms with Gasteiger partial charge in [-0.2, -0.15) is 0 Å². The van der Waals surface area contributed by atoms with Crippen LogP contribution in [-0.2, 0) is 4.79 Å². The van der Waals surface area contributed by atoms with Gasteiger partial charge in [0.1, 0.15) is 0 Å². The van der Waals surface area contributed by atoms with E-state index in [4.69, 9.17) is 11.6 Å². The Hall–Kier alpha value is -3.64. The van der Waals surface area contributed by atoms with Crippen molar-refractivity contribution in [3.05, 3.63) is 88.4 Å². The number of amides is 3. The van der Waals surface area contributed by atoms with Crippen LogP contribution in [0.4, 0.5) is 17.1 Å². The van der Waals surface area contributed by atoms with Crippen molar-refractivity contribution in [1.82, 2.24) is 0 Å². The summed E-state index contributed by atoms with van der Waals surface area (Å²) in [5.41, 5.74) is 3.23. The molecule has 0 spiro atoms. The van der Waals surface area contributed by atoms with E-state index in [0.717, 1.165) is 5.56 Å². The van der Waals surface area contributed by atoms with Crippen molar-refractivity contribution < 1.29 is 14.4 Å². The van der Waals surface area contributed by atoms with Gasteiger partial charge in [-0.15, -0.1) is 0 Å². The Labute approximate surface area is 179 Å². The lowest BCUT2D eigenvalue weighted by molar-refractivity contribution is -0.114. The first kappa shape index (κ1) is 21.1. The van der Waals surface area contributed by atoms with E-state index in [1.165, 1.54) is 6.92 Å². The number of carbonyl (C=O) groups is 3. The number of aryl methyl sites for hydroxylation is 1. The molecule has 0 aliphatic heterocycles. The van der Waals surface area contributed by atoms with Gasteiger partial charge in [0.25, 0.3) is 11.8 Å². The molecule has 0 saturated heterocycles. The number of benzene rings is 3. The quantitative estimate of drug-likeness (QED) is 0.534. The second-order valence-corrected chi connectivity index (χ2v) is 7.09. The minimum absolute atomic E-state index is 0.238. The Balaban J connectivity index is 1.75. The average molecular weight is 422 g/mol. The number of hydrogen-bond acceptors (Lipinski definition) is 3. The summed E-state index contributed by atoms with van der Waals surface area (Å²) in [6.45, 7) is 3.24. The minimum atomic E-state index is -0.353. The van der Waals surface area contributed by atoms with E-state index < -0.39 is 0 Å². The van der Waals surface area contributed by atoms with Crippen LogP contribution < -0.4 is 16.0 Å². The van der Waals surface area contributed by atoms with Gasteiger partial charge in [-0.1, -0.05) is 35.9 Å². The summed E-state index contributed by atoms with van der Waals surface area (Å²) >= 11 is 6.15. The average Bonchev–Trinajstić information content (AvgIpc) is 2.72. The maximum atomic E-state index is 12.7. The van der Waals surface area contributed by atoms with Crippen LogP contribution in [0.3, 0.4) is 0 Å². The topological polar surface area (TPSA) is 87.3 Å². The van der Waals surface area contributed by atoms with Gasteiger partial charge in [0, 0.05) is 29.4 Å². The fraction of sp³-hybridized carbons (Fsp3) is 0.0870. The third-order valence-electron chi connectivity index (χ3n) is 4.32. The van der Waals surface area contributed by atoms with Gasteiger partial charge in [-0.05, 0) is 55.0 Å². The summed E-state index contributed by atoms with van der Waals surface area (Å²) in [5.74, 6) is -0.844. The lowest BCUT2D eigenvalue weighted by atomic mass is 10.1. The number of carbonyl (C=O) groups excluding carboxylic acids is 3. The molecule has 0 radical (unpaired) electrons. The van der Waals surface area contributed by atoms with Crippen molar-refractivity contribution in [1.29, 1.82) is 0 Å². The highest BCUT2D eigenvalue weighted by Gasteiger charge is 2.12. The molecule has 7 heteroatoms. The maximum Gasteiger partial charge on any atom is 0.255 e. The van der Waals surface area contributed by atoms with Crippen molar-refractivity contribution >= 4 is 46.4 Å². The van der Waals surface area contributed by atoms with Gasteiger partial charge in [0.05, 0.1) is 10.7 Å². The molecule has 0 heterocycles. The molecule has 3 rings (SSSR count). The van der Waals surface area contributed by atoms with Crippen LogP contribution in [0.1, 0.15) is 33.2 Å². The smallest absolute Gasteiger partial charge is 0.255 e. The second-order valence-electron chi connectivity index (χ2n) is 6.68. The monoisotopic (exact) mass is 421 g/mol. The molecule has 0 atom stereocenters. The number of rotatable bonds is 5. The number of halogens is 1. The lowest BCUT2D eigenvalue weighted by Gasteiger charge is -2.12. The summed E-state index contributed by atoms with van der Waals surface area (Å²) in [4.78, 5) is 36.3. The van der Waals surface area contributed by atoms with Crippen molar-refractivity contribution in [2.75, 3.05) is 16.0 Å². The van der Waals surface area contributed by atoms with Crippen LogP contribution in [0.2, 0.25) is 5.02 Å². The second kappa shape index (κ2) is 9.24. The van der Waals surface area contributed by atoms with Gasteiger partial charge in [-0.3, -0.25) is 14.4 Å². The molecule has 0 aliphatic carbocycles. The number of hydrogen-bond donors (Lipinski definition) is 3. The van der Waals surface area contributed by atoms with Crippen molar-refractivity contribution in [2.45, 2.75) is 13.8 Å². The van der Waals surface area contributed by atoms with Crippen molar-refractivity contribution in [3.63, 3.8) is 0 Å². The first-order chi connectivity index (χ1) is 14.3. The maximum absolute atomic E-state index is 12.7. The highest BCUT2D eigenvalue weighted by Crippen LogP contribution is 2.26. The van der Waals surface area contributed by atoms with Crippen molar-refractivity contribution in [3.8, 4) is 0 Å². The molecular weight excluding hydrogens is 402 g/mol. The van der Waals surface area contributed by atoms with Gasteiger partial charge < -0.3 is 16.0 Å². The highest BCUT2D eigenvalue weighted by atomic mass is 35.5. The Kier molecular flexibility index (Phi) is 6.49. The Bertz CT molecular complexity index is 1110. The van der Waals surface area contributed by atoms with E-state index in [0.29, 0.717) is 33.2 Å². The third-order valence-corrected chi connectivity index (χ3v) is 4.63. The van der Waals surface area contributed by atoms with Crippen LogP contribution in [0.25, 0.3) is 0 Å². The van der Waals surface area contributed by atoms with E-state index in [1.54, 1.807) is 60.7 Å². The lowest BCUT2D eigenvalue weighted by Crippen LogP contribution is -2.15. The first-order valence-electron chi connectivity index (χ1n) is 9.19. The standard InChI is InChI=1S/C23H20ClN3O3/c1-14-8-9-17(12-21(14)27-22(29)16-6-4-3-5-7-16)23(30)26-18-10-11-20(19(24)13-18)25-15(2)28/h3-13H,1-2H3,(H,25,28)(H,26,30)(H,27,29). The predicted molar refractivity (Wildman–Crippen MR) is 119 cm³/mol. The molecule has 0 saturated carbocycles. The molecule has 30 heavy (non-hydrogen) atoms. The summed E-state index contributed by atoms with van der Waals surface area (Å²) < 4.78 is 0. The molecule has 3 aromatic rings. The van der Waals surface area contributed by atoms with Crippen molar-refractivity contribution in [2.24, 2.45) is 0 Å². The van der Waals surface area contributed by atoms with Crippen LogP contribution >= 0.6 is 11.6 Å². The third kappa shape index (κ3) is 5.24. The zero-order valence-corrected chi connectivity index (χ0v) is 17.2. The predicted octanol–water partition coefficient (Wildman–Crippen LogP) is 5.11.